The molecule has 3 N–H and O–H groups in total. The minimum atomic E-state index is -1.12. The molecule has 0 saturated heterocycles. The number of Topliss-reactive ketones (excluding diaryl/α,β-unsaturated/α-hetero) is 1. The number of methoxy groups -OCH3 is 2. The van der Waals surface area contributed by atoms with Crippen molar-refractivity contribution in [3.8, 4) is 0 Å². The largest absolute Gasteiger partial charge is 0.376 e. The summed E-state index contributed by atoms with van der Waals surface area (Å²) in [6, 6.07) is 0. The minimum Gasteiger partial charge on any atom is -0.376 e. The van der Waals surface area contributed by atoms with E-state index in [0.29, 0.717) is 36.9 Å². The molecule has 0 radical (unpaired) electrons. The Kier molecular flexibility index (Phi) is 4.67. The van der Waals surface area contributed by atoms with Gasteiger partial charge in [0.25, 0.3) is 0 Å². The van der Waals surface area contributed by atoms with Crippen molar-refractivity contribution in [2.75, 3.05) is 14.2 Å². The minimum absolute atomic E-state index is 0.0526. The molecular formula is C23H37NO4. The Hall–Kier alpha value is -0.750. The molecule has 0 amide bonds. The van der Waals surface area contributed by atoms with Crippen LogP contribution in [0.3, 0.4) is 0 Å². The van der Waals surface area contributed by atoms with Gasteiger partial charge in [-0.2, -0.15) is 0 Å². The Morgan fingerprint density at radius 2 is 1.86 bits per heavy atom. The summed E-state index contributed by atoms with van der Waals surface area (Å²) >= 11 is 0. The van der Waals surface area contributed by atoms with Crippen LogP contribution in [-0.4, -0.2) is 36.6 Å². The smallest absolute Gasteiger partial charge is 0.168 e. The summed E-state index contributed by atoms with van der Waals surface area (Å²) in [5.41, 5.74) is 5.88. The third-order valence-corrected chi connectivity index (χ3v) is 9.33. The normalized spacial score (nSPS) is 48.5. The third kappa shape index (κ3) is 2.69. The molecule has 0 aliphatic heterocycles. The highest BCUT2D eigenvalue weighted by atomic mass is 16.7. The van der Waals surface area contributed by atoms with E-state index >= 15 is 0 Å². The maximum absolute atomic E-state index is 13.6. The van der Waals surface area contributed by atoms with Gasteiger partial charge in [0.15, 0.2) is 5.79 Å². The topological polar surface area (TPSA) is 81.8 Å². The van der Waals surface area contributed by atoms with Gasteiger partial charge < -0.3 is 20.3 Å². The first-order valence-electron chi connectivity index (χ1n) is 10.8. The number of carbonyl (C=O) groups excluding carboxylic acids is 1. The summed E-state index contributed by atoms with van der Waals surface area (Å²) in [6.07, 6.45) is 7.82. The predicted molar refractivity (Wildman–Crippen MR) is 107 cm³/mol. The van der Waals surface area contributed by atoms with Crippen molar-refractivity contribution in [2.45, 2.75) is 77.2 Å². The van der Waals surface area contributed by atoms with Crippen molar-refractivity contribution in [1.82, 2.24) is 0 Å². The Bertz CT molecular complexity index is 697. The predicted octanol–water partition coefficient (Wildman–Crippen LogP) is 3.40. The van der Waals surface area contributed by atoms with Gasteiger partial charge in [-0.05, 0) is 61.7 Å². The first-order chi connectivity index (χ1) is 13.0. The van der Waals surface area contributed by atoms with Crippen molar-refractivity contribution < 1.29 is 19.4 Å². The molecule has 4 aliphatic carbocycles. The zero-order chi connectivity index (χ0) is 20.5. The molecule has 4 aliphatic rings. The van der Waals surface area contributed by atoms with Crippen molar-refractivity contribution in [3.63, 3.8) is 0 Å². The number of allylic oxidation sites excluding steroid dienone is 1. The van der Waals surface area contributed by atoms with Gasteiger partial charge in [0.05, 0.1) is 0 Å². The summed E-state index contributed by atoms with van der Waals surface area (Å²) < 4.78 is 11.6. The van der Waals surface area contributed by atoms with E-state index in [1.165, 1.54) is 5.57 Å². The summed E-state index contributed by atoms with van der Waals surface area (Å²) in [5, 5.41) is 10.4. The fraction of sp³-hybridized carbons (Fsp3) is 0.870. The van der Waals surface area contributed by atoms with Crippen molar-refractivity contribution in [1.29, 1.82) is 0 Å². The number of rotatable bonds is 3. The molecule has 0 aromatic carbocycles. The second-order valence-corrected chi connectivity index (χ2v) is 10.6. The summed E-state index contributed by atoms with van der Waals surface area (Å²) in [4.78, 5) is 13.6. The van der Waals surface area contributed by atoms with Crippen LogP contribution >= 0.6 is 0 Å². The van der Waals surface area contributed by atoms with Crippen LogP contribution in [0, 0.1) is 34.5 Å². The van der Waals surface area contributed by atoms with Crippen LogP contribution in [-0.2, 0) is 14.3 Å². The molecular weight excluding hydrogens is 354 g/mol. The lowest BCUT2D eigenvalue weighted by molar-refractivity contribution is -0.250. The molecule has 28 heavy (non-hydrogen) atoms. The standard InChI is InChI=1S/C23H37NO4/c1-20-10-11-23(24,26)12-14(20)6-7-15-16-8-9-18(22(3,27-4)28-5)21(16,2)13-17(25)19(15)20/h6,15-16,18-19,26H,7-13,24H2,1-5H3. The number of fused-ring (bicyclic) bond motifs is 5. The average molecular weight is 392 g/mol. The van der Waals surface area contributed by atoms with Gasteiger partial charge in [-0.1, -0.05) is 25.5 Å². The van der Waals surface area contributed by atoms with Crippen LogP contribution in [0.15, 0.2) is 11.6 Å². The van der Waals surface area contributed by atoms with Gasteiger partial charge in [-0.25, -0.2) is 0 Å². The second-order valence-electron chi connectivity index (χ2n) is 10.6. The van der Waals surface area contributed by atoms with Crippen molar-refractivity contribution in [2.24, 2.45) is 40.2 Å². The van der Waals surface area contributed by atoms with Crippen molar-refractivity contribution in [3.05, 3.63) is 11.6 Å². The van der Waals surface area contributed by atoms with Crippen LogP contribution in [0.4, 0.5) is 0 Å². The first kappa shape index (κ1) is 20.5. The molecule has 3 fully saturated rings. The molecule has 5 nitrogen and oxygen atoms in total. The highest BCUT2D eigenvalue weighted by Crippen LogP contribution is 2.67. The molecule has 7 atom stereocenters. The van der Waals surface area contributed by atoms with Gasteiger partial charge in [0.2, 0.25) is 0 Å². The van der Waals surface area contributed by atoms with Gasteiger partial charge >= 0.3 is 0 Å². The molecule has 4 rings (SSSR count). The first-order valence-corrected chi connectivity index (χ1v) is 10.8. The zero-order valence-corrected chi connectivity index (χ0v) is 18.1. The maximum Gasteiger partial charge on any atom is 0.168 e. The molecule has 0 spiro atoms. The fourth-order valence-electron chi connectivity index (χ4n) is 7.73. The van der Waals surface area contributed by atoms with Crippen LogP contribution < -0.4 is 5.73 Å². The molecule has 0 aromatic rings. The highest BCUT2D eigenvalue weighted by molar-refractivity contribution is 5.85. The third-order valence-electron chi connectivity index (χ3n) is 9.33. The Labute approximate surface area is 169 Å². The van der Waals surface area contributed by atoms with Crippen LogP contribution in [0.25, 0.3) is 0 Å². The molecule has 0 heterocycles. The Balaban J connectivity index is 1.70. The number of hydrogen-bond acceptors (Lipinski definition) is 5. The van der Waals surface area contributed by atoms with Gasteiger partial charge in [-0.15, -0.1) is 0 Å². The molecule has 3 saturated carbocycles. The molecule has 158 valence electrons. The molecule has 5 heteroatoms. The molecule has 0 aromatic heterocycles. The average Bonchev–Trinajstić information content (AvgIpc) is 2.98. The lowest BCUT2D eigenvalue weighted by atomic mass is 9.46. The van der Waals surface area contributed by atoms with E-state index in [-0.39, 0.29) is 22.7 Å². The SMILES string of the molecule is COC(C)(OC)C1CCC2C3CC=C4CC(N)(O)CCC4(C)C3C(=O)CC21C. The fourth-order valence-corrected chi connectivity index (χ4v) is 7.73. The highest BCUT2D eigenvalue weighted by Gasteiger charge is 2.65. The number of nitrogens with two attached hydrogens (primary N) is 1. The molecule has 7 unspecified atom stereocenters. The summed E-state index contributed by atoms with van der Waals surface area (Å²) in [7, 11) is 3.42. The lowest BCUT2D eigenvalue weighted by Crippen LogP contribution is -2.58. The monoisotopic (exact) mass is 391 g/mol. The van der Waals surface area contributed by atoms with E-state index in [2.05, 4.69) is 19.9 Å². The van der Waals surface area contributed by atoms with Gasteiger partial charge in [0.1, 0.15) is 11.5 Å². The van der Waals surface area contributed by atoms with Crippen LogP contribution in [0.5, 0.6) is 0 Å². The number of carbonyl (C=O) groups is 1. The number of aliphatic hydroxyl groups is 1. The summed E-state index contributed by atoms with van der Waals surface area (Å²) in [5.74, 6) is 0.864. The number of ketones is 1. The van der Waals surface area contributed by atoms with E-state index in [4.69, 9.17) is 15.2 Å². The Morgan fingerprint density at radius 1 is 1.18 bits per heavy atom. The number of hydrogen-bond donors (Lipinski definition) is 2. The Morgan fingerprint density at radius 3 is 2.50 bits per heavy atom. The molecule has 0 bridgehead atoms. The lowest BCUT2D eigenvalue weighted by Gasteiger charge is -2.58. The zero-order valence-electron chi connectivity index (χ0n) is 18.1. The van der Waals surface area contributed by atoms with Gasteiger partial charge in [-0.3, -0.25) is 4.79 Å². The van der Waals surface area contributed by atoms with Crippen molar-refractivity contribution >= 4 is 5.78 Å². The maximum atomic E-state index is 13.6. The van der Waals surface area contributed by atoms with Crippen LogP contribution in [0.2, 0.25) is 0 Å². The van der Waals surface area contributed by atoms with Crippen LogP contribution in [0.1, 0.15) is 65.7 Å². The summed E-state index contributed by atoms with van der Waals surface area (Å²) in [6.45, 7) is 6.55. The quantitative estimate of drug-likeness (QED) is 0.569. The van der Waals surface area contributed by atoms with Gasteiger partial charge in [0, 0.05) is 38.9 Å². The van der Waals surface area contributed by atoms with E-state index in [1.54, 1.807) is 14.2 Å². The van der Waals surface area contributed by atoms with E-state index in [0.717, 1.165) is 25.7 Å². The number of ether oxygens (including phenoxy) is 2. The van der Waals surface area contributed by atoms with E-state index < -0.39 is 11.5 Å². The second kappa shape index (κ2) is 6.37. The van der Waals surface area contributed by atoms with E-state index in [9.17, 15) is 9.90 Å². The van der Waals surface area contributed by atoms with E-state index in [1.807, 2.05) is 6.92 Å².